The topological polar surface area (TPSA) is 118 Å². The van der Waals surface area contributed by atoms with Gasteiger partial charge in [-0.1, -0.05) is 0 Å². The number of hydrogen-bond acceptors (Lipinski definition) is 5. The summed E-state index contributed by atoms with van der Waals surface area (Å²) in [6.07, 6.45) is 0.360. The molecule has 0 aliphatic carbocycles. The Hall–Kier alpha value is -1.47. The maximum Gasteiger partial charge on any atom is 0.232 e. The molecule has 0 atom stereocenters. The highest BCUT2D eigenvalue weighted by Gasteiger charge is 2.12. The summed E-state index contributed by atoms with van der Waals surface area (Å²) >= 11 is 0. The molecule has 0 aliphatic rings. The predicted molar refractivity (Wildman–Crippen MR) is 63.6 cm³/mol. The Bertz CT molecular complexity index is 459. The minimum atomic E-state index is -3.48. The van der Waals surface area contributed by atoms with Crippen LogP contribution in [0.5, 0.6) is 5.75 Å². The smallest absolute Gasteiger partial charge is 0.232 e. The van der Waals surface area contributed by atoms with Gasteiger partial charge in [-0.2, -0.15) is 0 Å². The summed E-state index contributed by atoms with van der Waals surface area (Å²) in [5.41, 5.74) is 11.2. The first-order valence-electron chi connectivity index (χ1n) is 4.73. The van der Waals surface area contributed by atoms with E-state index in [0.29, 0.717) is 18.7 Å². The lowest BCUT2D eigenvalue weighted by molar-refractivity contribution is 0.477. The van der Waals surface area contributed by atoms with Crippen molar-refractivity contribution < 1.29 is 13.5 Å². The molecule has 16 heavy (non-hydrogen) atoms. The van der Waals surface area contributed by atoms with Crippen molar-refractivity contribution >= 4 is 21.4 Å². The molecular weight excluding hydrogens is 230 g/mol. The van der Waals surface area contributed by atoms with Gasteiger partial charge in [0.25, 0.3) is 0 Å². The summed E-state index contributed by atoms with van der Waals surface area (Å²) in [5, 5.41) is 9.42. The Morgan fingerprint density at radius 2 is 2.06 bits per heavy atom. The van der Waals surface area contributed by atoms with Crippen LogP contribution in [0.1, 0.15) is 6.42 Å². The normalized spacial score (nSPS) is 11.3. The molecule has 1 aromatic carbocycles. The van der Waals surface area contributed by atoms with Crippen molar-refractivity contribution in [1.29, 1.82) is 0 Å². The van der Waals surface area contributed by atoms with Crippen LogP contribution in [-0.2, 0) is 10.0 Å². The van der Waals surface area contributed by atoms with Gasteiger partial charge in [0.15, 0.2) is 0 Å². The van der Waals surface area contributed by atoms with Crippen LogP contribution >= 0.6 is 0 Å². The predicted octanol–water partition coefficient (Wildman–Crippen LogP) is 0.0649. The zero-order chi connectivity index (χ0) is 12.2. The van der Waals surface area contributed by atoms with Gasteiger partial charge in [0.05, 0.1) is 11.4 Å². The lowest BCUT2D eigenvalue weighted by Gasteiger charge is -2.09. The second-order valence-corrected chi connectivity index (χ2v) is 5.18. The van der Waals surface area contributed by atoms with E-state index < -0.39 is 10.0 Å². The summed E-state index contributed by atoms with van der Waals surface area (Å²) in [5.74, 6) is -0.247. The number of rotatable bonds is 5. The van der Waals surface area contributed by atoms with Crippen LogP contribution in [0.4, 0.5) is 11.4 Å². The first-order valence-corrected chi connectivity index (χ1v) is 6.39. The zero-order valence-corrected chi connectivity index (χ0v) is 9.50. The van der Waals surface area contributed by atoms with Crippen LogP contribution in [0.2, 0.25) is 0 Å². The van der Waals surface area contributed by atoms with E-state index in [4.69, 9.17) is 11.5 Å². The minimum absolute atomic E-state index is 0.0806. The van der Waals surface area contributed by atoms with Crippen LogP contribution in [0.3, 0.4) is 0 Å². The second kappa shape index (κ2) is 5.04. The molecule has 0 radical (unpaired) electrons. The van der Waals surface area contributed by atoms with Crippen molar-refractivity contribution in [1.82, 2.24) is 0 Å². The highest BCUT2D eigenvalue weighted by Crippen LogP contribution is 2.26. The molecular formula is C9H15N3O3S. The van der Waals surface area contributed by atoms with Gasteiger partial charge < -0.3 is 16.6 Å². The molecule has 1 rings (SSSR count). The van der Waals surface area contributed by atoms with Gasteiger partial charge >= 0.3 is 0 Å². The molecule has 0 fully saturated rings. The maximum absolute atomic E-state index is 11.5. The summed E-state index contributed by atoms with van der Waals surface area (Å²) in [7, 11) is -3.48. The van der Waals surface area contributed by atoms with E-state index in [1.165, 1.54) is 18.2 Å². The molecule has 0 saturated heterocycles. The lowest BCUT2D eigenvalue weighted by atomic mass is 10.3. The van der Waals surface area contributed by atoms with Crippen molar-refractivity contribution in [2.75, 3.05) is 22.8 Å². The van der Waals surface area contributed by atoms with Crippen LogP contribution < -0.4 is 16.2 Å². The standard InChI is InChI=1S/C9H15N3O3S/c10-4-1-5-16(14,15)12-8-6-7(11)2-3-9(8)13/h2-3,6,12-13H,1,4-5,10-11H2. The molecule has 6 nitrogen and oxygen atoms in total. The van der Waals surface area contributed by atoms with Crippen molar-refractivity contribution in [3.8, 4) is 5.75 Å². The maximum atomic E-state index is 11.5. The Balaban J connectivity index is 2.83. The Kier molecular flexibility index (Phi) is 3.97. The number of nitrogens with one attached hydrogen (secondary N) is 1. The Labute approximate surface area is 94.3 Å². The van der Waals surface area contributed by atoms with Crippen LogP contribution in [0.25, 0.3) is 0 Å². The van der Waals surface area contributed by atoms with Gasteiger partial charge in [-0.15, -0.1) is 0 Å². The first-order chi connectivity index (χ1) is 7.44. The molecule has 1 aromatic rings. The van der Waals surface area contributed by atoms with Crippen molar-refractivity contribution in [3.05, 3.63) is 18.2 Å². The Morgan fingerprint density at radius 3 is 2.69 bits per heavy atom. The summed E-state index contributed by atoms with van der Waals surface area (Å²) in [4.78, 5) is 0. The fourth-order valence-electron chi connectivity index (χ4n) is 1.13. The van der Waals surface area contributed by atoms with E-state index in [-0.39, 0.29) is 17.2 Å². The van der Waals surface area contributed by atoms with Crippen LogP contribution in [0, 0.1) is 0 Å². The van der Waals surface area contributed by atoms with Crippen molar-refractivity contribution in [3.63, 3.8) is 0 Å². The first kappa shape index (κ1) is 12.6. The quantitative estimate of drug-likeness (QED) is 0.332. The highest BCUT2D eigenvalue weighted by atomic mass is 32.2. The third kappa shape index (κ3) is 3.59. The number of aromatic hydroxyl groups is 1. The van der Waals surface area contributed by atoms with Gasteiger partial charge in [-0.05, 0) is 31.2 Å². The molecule has 0 aliphatic heterocycles. The van der Waals surface area contributed by atoms with Gasteiger partial charge in [0.1, 0.15) is 5.75 Å². The van der Waals surface area contributed by atoms with Gasteiger partial charge in [0.2, 0.25) is 10.0 Å². The molecule has 0 amide bonds. The third-order valence-electron chi connectivity index (χ3n) is 1.90. The fraction of sp³-hybridized carbons (Fsp3) is 0.333. The average Bonchev–Trinajstić information content (AvgIpc) is 2.20. The minimum Gasteiger partial charge on any atom is -0.506 e. The average molecular weight is 245 g/mol. The molecule has 6 N–H and O–H groups in total. The monoisotopic (exact) mass is 245 g/mol. The number of anilines is 2. The van der Waals surface area contributed by atoms with E-state index in [2.05, 4.69) is 4.72 Å². The third-order valence-corrected chi connectivity index (χ3v) is 3.26. The lowest BCUT2D eigenvalue weighted by Crippen LogP contribution is -2.19. The SMILES string of the molecule is NCCCS(=O)(=O)Nc1cc(N)ccc1O. The van der Waals surface area contributed by atoms with Crippen molar-refractivity contribution in [2.45, 2.75) is 6.42 Å². The summed E-state index contributed by atoms with van der Waals surface area (Å²) in [6, 6.07) is 4.17. The van der Waals surface area contributed by atoms with Gasteiger partial charge in [-0.25, -0.2) is 8.42 Å². The highest BCUT2D eigenvalue weighted by molar-refractivity contribution is 7.92. The molecule has 0 saturated carbocycles. The van der Waals surface area contributed by atoms with Crippen LogP contribution in [-0.4, -0.2) is 25.8 Å². The van der Waals surface area contributed by atoms with Crippen molar-refractivity contribution in [2.24, 2.45) is 5.73 Å². The molecule has 0 bridgehead atoms. The van der Waals surface area contributed by atoms with E-state index in [1.807, 2.05) is 0 Å². The zero-order valence-electron chi connectivity index (χ0n) is 8.68. The van der Waals surface area contributed by atoms with E-state index in [0.717, 1.165) is 0 Å². The molecule has 0 heterocycles. The van der Waals surface area contributed by atoms with E-state index >= 15 is 0 Å². The van der Waals surface area contributed by atoms with Gasteiger partial charge in [-0.3, -0.25) is 4.72 Å². The second-order valence-electron chi connectivity index (χ2n) is 3.34. The van der Waals surface area contributed by atoms with E-state index in [1.54, 1.807) is 0 Å². The Morgan fingerprint density at radius 1 is 1.38 bits per heavy atom. The molecule has 0 spiro atoms. The number of benzene rings is 1. The largest absolute Gasteiger partial charge is 0.506 e. The number of nitrogens with two attached hydrogens (primary N) is 2. The number of sulfonamides is 1. The molecule has 7 heteroatoms. The molecule has 0 unspecified atom stereocenters. The fourth-order valence-corrected chi connectivity index (χ4v) is 2.27. The number of phenolic OH excluding ortho intramolecular Hbond substituents is 1. The summed E-state index contributed by atoms with van der Waals surface area (Å²) in [6.45, 7) is 0.295. The van der Waals surface area contributed by atoms with Gasteiger partial charge in [0, 0.05) is 5.69 Å². The number of hydrogen-bond donors (Lipinski definition) is 4. The van der Waals surface area contributed by atoms with E-state index in [9.17, 15) is 13.5 Å². The number of nitrogen functional groups attached to an aromatic ring is 1. The summed E-state index contributed by atoms with van der Waals surface area (Å²) < 4.78 is 25.3. The molecule has 90 valence electrons. The number of phenols is 1. The van der Waals surface area contributed by atoms with Crippen LogP contribution in [0.15, 0.2) is 18.2 Å². The molecule has 0 aromatic heterocycles.